The molecule has 0 fully saturated rings. The van der Waals surface area contributed by atoms with Crippen molar-refractivity contribution in [3.8, 4) is 0 Å². The van der Waals surface area contributed by atoms with Crippen LogP contribution in [0.4, 0.5) is 0 Å². The summed E-state index contributed by atoms with van der Waals surface area (Å²) < 4.78 is 4.60. The molecule has 0 saturated heterocycles. The number of hydrogen-bond donors (Lipinski definition) is 0. The molecular formula is C4H4NO-. The number of aryl methyl sites for hydroxylation is 1. The van der Waals surface area contributed by atoms with Crippen LogP contribution in [-0.2, 0) is 0 Å². The molecule has 0 aromatic carbocycles. The summed E-state index contributed by atoms with van der Waals surface area (Å²) in [5.41, 5.74) is 0. The molecule has 1 aromatic heterocycles. The van der Waals surface area contributed by atoms with Crippen molar-refractivity contribution in [2.75, 3.05) is 0 Å². The summed E-state index contributed by atoms with van der Waals surface area (Å²) in [4.78, 5) is 3.53. The largest absolute Gasteiger partial charge is 0.578 e. The Bertz CT molecular complexity index is 111. The maximum absolute atomic E-state index is 4.60. The lowest BCUT2D eigenvalue weighted by atomic mass is 10.6. The maximum Gasteiger partial charge on any atom is 0.102 e. The zero-order valence-corrected chi connectivity index (χ0v) is 3.43. The summed E-state index contributed by atoms with van der Waals surface area (Å²) in [6.07, 6.45) is 3.92. The fourth-order valence-corrected chi connectivity index (χ4v) is 0.242. The Balaban J connectivity index is 3.05. The molecule has 0 saturated carbocycles. The zero-order valence-electron chi connectivity index (χ0n) is 3.43. The van der Waals surface area contributed by atoms with Crippen LogP contribution in [0.3, 0.4) is 0 Å². The highest BCUT2D eigenvalue weighted by molar-refractivity contribution is 4.80. The normalized spacial score (nSPS) is 8.83. The predicted molar refractivity (Wildman–Crippen MR) is 20.1 cm³/mol. The van der Waals surface area contributed by atoms with Crippen molar-refractivity contribution in [3.05, 3.63) is 18.4 Å². The predicted octanol–water partition coefficient (Wildman–Crippen LogP) is 0.783. The molecule has 32 valence electrons. The van der Waals surface area contributed by atoms with Gasteiger partial charge in [-0.3, -0.25) is 0 Å². The molecule has 1 heterocycles. The molecule has 1 rings (SSSR count). The van der Waals surface area contributed by atoms with Gasteiger partial charge in [-0.25, -0.2) is 0 Å². The Kier molecular flexibility index (Phi) is 0.638. The summed E-state index contributed by atoms with van der Waals surface area (Å²) in [5.74, 6) is 0.801. The van der Waals surface area contributed by atoms with Crippen molar-refractivity contribution in [1.29, 1.82) is 0 Å². The first kappa shape index (κ1) is 3.40. The fourth-order valence-electron chi connectivity index (χ4n) is 0.242. The van der Waals surface area contributed by atoms with Crippen LogP contribution in [-0.4, -0.2) is 4.98 Å². The van der Waals surface area contributed by atoms with Crippen molar-refractivity contribution in [3.63, 3.8) is 0 Å². The van der Waals surface area contributed by atoms with Gasteiger partial charge >= 0.3 is 0 Å². The van der Waals surface area contributed by atoms with Gasteiger partial charge in [-0.2, -0.15) is 0 Å². The molecule has 0 amide bonds. The van der Waals surface area contributed by atoms with E-state index in [0.717, 1.165) is 5.76 Å². The highest BCUT2D eigenvalue weighted by Gasteiger charge is 1.64. The Hall–Kier alpha value is -0.790. The molecule has 0 N–H and O–H groups in total. The molecule has 0 aliphatic heterocycles. The van der Waals surface area contributed by atoms with Crippen molar-refractivity contribution in [1.82, 2.24) is 4.98 Å². The molecule has 0 aliphatic carbocycles. The molecule has 2 heteroatoms. The first-order chi connectivity index (χ1) is 2.89. The minimum absolute atomic E-state index is 0.801. The molecule has 6 heavy (non-hydrogen) atoms. The third-order valence-electron chi connectivity index (χ3n) is 0.506. The van der Waals surface area contributed by atoms with Crippen LogP contribution >= 0.6 is 0 Å². The van der Waals surface area contributed by atoms with Crippen LogP contribution in [0.1, 0.15) is 5.76 Å². The summed E-state index contributed by atoms with van der Waals surface area (Å²) in [5, 5.41) is 0. The number of aromatic nitrogens is 1. The minimum atomic E-state index is 0.801. The van der Waals surface area contributed by atoms with E-state index in [1.54, 1.807) is 6.20 Å². The molecule has 0 atom stereocenters. The van der Waals surface area contributed by atoms with Crippen LogP contribution in [0.25, 0.3) is 0 Å². The van der Waals surface area contributed by atoms with Gasteiger partial charge in [0.1, 0.15) is 6.39 Å². The van der Waals surface area contributed by atoms with E-state index in [-0.39, 0.29) is 0 Å². The van der Waals surface area contributed by atoms with Gasteiger partial charge in [-0.1, -0.05) is 13.1 Å². The van der Waals surface area contributed by atoms with Crippen molar-refractivity contribution >= 4 is 0 Å². The number of rotatable bonds is 0. The molecule has 0 unspecified atom stereocenters. The Labute approximate surface area is 35.8 Å². The van der Waals surface area contributed by atoms with E-state index < -0.39 is 0 Å². The second kappa shape index (κ2) is 1.12. The first-order valence-electron chi connectivity index (χ1n) is 1.68. The van der Waals surface area contributed by atoms with Crippen LogP contribution < -0.4 is 0 Å². The highest BCUT2D eigenvalue weighted by Crippen LogP contribution is 1.87. The van der Waals surface area contributed by atoms with Crippen LogP contribution in [0, 0.1) is 13.3 Å². The van der Waals surface area contributed by atoms with Crippen molar-refractivity contribution in [2.45, 2.75) is 6.92 Å². The lowest BCUT2D eigenvalue weighted by molar-refractivity contribution is 0.517. The number of nitrogens with zero attached hydrogens (tertiary/aromatic N) is 1. The van der Waals surface area contributed by atoms with E-state index in [1.807, 2.05) is 6.92 Å². The minimum Gasteiger partial charge on any atom is -0.578 e. The fraction of sp³-hybridized carbons (Fsp3) is 0.250. The van der Waals surface area contributed by atoms with Gasteiger partial charge in [0.25, 0.3) is 0 Å². The zero-order chi connectivity index (χ0) is 4.41. The second-order valence-electron chi connectivity index (χ2n) is 1.06. The van der Waals surface area contributed by atoms with E-state index in [4.69, 9.17) is 0 Å². The molecule has 0 aliphatic rings. The average molecular weight is 82.1 g/mol. The quantitative estimate of drug-likeness (QED) is 0.432. The van der Waals surface area contributed by atoms with Gasteiger partial charge in [0.2, 0.25) is 0 Å². The van der Waals surface area contributed by atoms with Crippen molar-refractivity contribution in [2.24, 2.45) is 0 Å². The van der Waals surface area contributed by atoms with Crippen molar-refractivity contribution < 1.29 is 4.42 Å². The summed E-state index contributed by atoms with van der Waals surface area (Å²) in [6.45, 7) is 1.82. The van der Waals surface area contributed by atoms with Crippen LogP contribution in [0.15, 0.2) is 10.6 Å². The SMILES string of the molecule is Cc1cn[c-]o1. The topological polar surface area (TPSA) is 26.0 Å². The maximum atomic E-state index is 4.60. The van der Waals surface area contributed by atoms with E-state index in [0.29, 0.717) is 0 Å². The van der Waals surface area contributed by atoms with Crippen LogP contribution in [0.5, 0.6) is 0 Å². The lowest BCUT2D eigenvalue weighted by Crippen LogP contribution is -1.50. The average Bonchev–Trinajstić information content (AvgIpc) is 1.86. The first-order valence-corrected chi connectivity index (χ1v) is 1.68. The van der Waals surface area contributed by atoms with E-state index in [1.165, 1.54) is 0 Å². The van der Waals surface area contributed by atoms with E-state index in [2.05, 4.69) is 15.8 Å². The Morgan fingerprint density at radius 1 is 2.00 bits per heavy atom. The molecule has 2 nitrogen and oxygen atoms in total. The van der Waals surface area contributed by atoms with Gasteiger partial charge in [0, 0.05) is 0 Å². The monoisotopic (exact) mass is 82.0 g/mol. The smallest absolute Gasteiger partial charge is 0.102 e. The standard InChI is InChI=1S/C4H4NO/c1-4-2-5-3-6-4/h2H,1H3/q-1. The third kappa shape index (κ3) is 0.407. The van der Waals surface area contributed by atoms with Gasteiger partial charge in [-0.05, 0) is 5.76 Å². The number of oxazole rings is 1. The molecule has 0 radical (unpaired) electrons. The Morgan fingerprint density at radius 3 is 3.00 bits per heavy atom. The summed E-state index contributed by atoms with van der Waals surface area (Å²) in [7, 11) is 0. The van der Waals surface area contributed by atoms with Gasteiger partial charge in [0.15, 0.2) is 0 Å². The Morgan fingerprint density at radius 2 is 2.83 bits per heavy atom. The van der Waals surface area contributed by atoms with E-state index in [9.17, 15) is 0 Å². The molecule has 1 aromatic rings. The summed E-state index contributed by atoms with van der Waals surface area (Å²) in [6, 6.07) is 0. The van der Waals surface area contributed by atoms with Gasteiger partial charge < -0.3 is 9.40 Å². The lowest BCUT2D eigenvalue weighted by Gasteiger charge is -1.79. The van der Waals surface area contributed by atoms with Gasteiger partial charge in [-0.15, -0.1) is 0 Å². The van der Waals surface area contributed by atoms with Gasteiger partial charge in [0.05, 0.1) is 0 Å². The second-order valence-corrected chi connectivity index (χ2v) is 1.06. The highest BCUT2D eigenvalue weighted by atomic mass is 16.3. The molecular weight excluding hydrogens is 78.0 g/mol. The third-order valence-corrected chi connectivity index (χ3v) is 0.506. The number of hydrogen-bond acceptors (Lipinski definition) is 2. The molecule has 0 spiro atoms. The van der Waals surface area contributed by atoms with Crippen LogP contribution in [0.2, 0.25) is 0 Å². The summed E-state index contributed by atoms with van der Waals surface area (Å²) >= 11 is 0. The van der Waals surface area contributed by atoms with E-state index >= 15 is 0 Å². The molecule has 0 bridgehead atoms.